The average molecular weight is 440 g/mol. The van der Waals surface area contributed by atoms with Crippen molar-refractivity contribution in [1.29, 1.82) is 0 Å². The van der Waals surface area contributed by atoms with E-state index in [0.29, 0.717) is 39.1 Å². The lowest BCUT2D eigenvalue weighted by Crippen LogP contribution is -2.57. The van der Waals surface area contributed by atoms with Gasteiger partial charge in [-0.2, -0.15) is 8.78 Å². The van der Waals surface area contributed by atoms with E-state index in [0.717, 1.165) is 11.5 Å². The first-order chi connectivity index (χ1) is 14.7. The summed E-state index contributed by atoms with van der Waals surface area (Å²) in [5, 5.41) is 3.32. The molecule has 31 heavy (non-hydrogen) atoms. The first-order valence-electron chi connectivity index (χ1n) is 10.3. The molecule has 1 unspecified atom stereocenters. The molecular weight excluding hydrogens is 410 g/mol. The number of nitrogens with one attached hydrogen (secondary N) is 1. The van der Waals surface area contributed by atoms with Gasteiger partial charge in [0.25, 0.3) is 0 Å². The molecule has 0 bridgehead atoms. The average Bonchev–Trinajstić information content (AvgIpc) is 3.09. The molecule has 2 heterocycles. The number of fused-ring (bicyclic) bond motifs is 1. The lowest BCUT2D eigenvalue weighted by molar-refractivity contribution is -0.0512. The molecule has 0 radical (unpaired) electrons. The van der Waals surface area contributed by atoms with Crippen molar-refractivity contribution in [2.45, 2.75) is 45.4 Å². The van der Waals surface area contributed by atoms with Crippen molar-refractivity contribution in [3.05, 3.63) is 23.8 Å². The number of piperazine rings is 1. The van der Waals surface area contributed by atoms with Crippen molar-refractivity contribution in [3.8, 4) is 11.5 Å². The van der Waals surface area contributed by atoms with E-state index in [1.54, 1.807) is 17.0 Å². The molecule has 1 amide bonds. The van der Waals surface area contributed by atoms with Gasteiger partial charge < -0.3 is 29.3 Å². The van der Waals surface area contributed by atoms with E-state index in [2.05, 4.69) is 19.9 Å². The second kappa shape index (κ2) is 9.57. The number of ether oxygens (including phenoxy) is 3. The number of nitrogens with zero attached hydrogens (tertiary/aromatic N) is 3. The number of carbonyl (C=O) groups excluding carboxylic acids is 1. The van der Waals surface area contributed by atoms with Gasteiger partial charge in [0.15, 0.2) is 17.5 Å². The van der Waals surface area contributed by atoms with Gasteiger partial charge in [0, 0.05) is 26.2 Å². The third-order valence-electron chi connectivity index (χ3n) is 5.00. The maximum Gasteiger partial charge on any atom is 0.410 e. The van der Waals surface area contributed by atoms with Crippen molar-refractivity contribution in [3.63, 3.8) is 0 Å². The van der Waals surface area contributed by atoms with Gasteiger partial charge in [0.05, 0.1) is 19.7 Å². The normalized spacial score (nSPS) is 18.5. The molecule has 1 saturated heterocycles. The van der Waals surface area contributed by atoms with Gasteiger partial charge in [0.2, 0.25) is 0 Å². The number of benzene rings is 1. The second-order valence-electron chi connectivity index (χ2n) is 8.48. The number of guanidine groups is 1. The van der Waals surface area contributed by atoms with E-state index in [1.807, 2.05) is 26.8 Å². The summed E-state index contributed by atoms with van der Waals surface area (Å²) in [5.41, 5.74) is 0.322. The Morgan fingerprint density at radius 3 is 2.74 bits per heavy atom. The lowest BCUT2D eigenvalue weighted by Gasteiger charge is -2.39. The van der Waals surface area contributed by atoms with Crippen LogP contribution < -0.4 is 14.8 Å². The Bertz CT molecular complexity index is 813. The van der Waals surface area contributed by atoms with E-state index in [-0.39, 0.29) is 23.6 Å². The van der Waals surface area contributed by atoms with Crippen LogP contribution in [0, 0.1) is 0 Å². The molecule has 3 rings (SSSR count). The first kappa shape index (κ1) is 22.9. The van der Waals surface area contributed by atoms with Crippen molar-refractivity contribution in [1.82, 2.24) is 15.1 Å². The van der Waals surface area contributed by atoms with Crippen LogP contribution in [0.2, 0.25) is 0 Å². The highest BCUT2D eigenvalue weighted by atomic mass is 19.3. The number of halogens is 2. The molecule has 1 N–H and O–H groups in total. The minimum absolute atomic E-state index is 0.0199. The maximum atomic E-state index is 12.6. The van der Waals surface area contributed by atoms with Crippen LogP contribution in [0.5, 0.6) is 11.5 Å². The van der Waals surface area contributed by atoms with Gasteiger partial charge in [0.1, 0.15) is 5.60 Å². The number of amides is 1. The quantitative estimate of drug-likeness (QED) is 0.733. The Morgan fingerprint density at radius 2 is 2.06 bits per heavy atom. The number of aliphatic imine (C=N–C) groups is 1. The summed E-state index contributed by atoms with van der Waals surface area (Å²) < 4.78 is 40.3. The van der Waals surface area contributed by atoms with E-state index >= 15 is 0 Å². The highest BCUT2D eigenvalue weighted by Crippen LogP contribution is 2.29. The van der Waals surface area contributed by atoms with Crippen LogP contribution in [0.15, 0.2) is 23.2 Å². The largest absolute Gasteiger partial charge is 0.493 e. The lowest BCUT2D eigenvalue weighted by atomic mass is 10.1. The molecule has 172 valence electrons. The van der Waals surface area contributed by atoms with E-state index in [4.69, 9.17) is 9.47 Å². The Balaban J connectivity index is 1.49. The van der Waals surface area contributed by atoms with Crippen molar-refractivity contribution in [2.24, 2.45) is 4.99 Å². The van der Waals surface area contributed by atoms with Gasteiger partial charge in [-0.1, -0.05) is 6.07 Å². The summed E-state index contributed by atoms with van der Waals surface area (Å²) in [7, 11) is 1.41. The molecule has 0 saturated carbocycles. The minimum Gasteiger partial charge on any atom is -0.493 e. The zero-order chi connectivity index (χ0) is 22.6. The fourth-order valence-corrected chi connectivity index (χ4v) is 3.61. The van der Waals surface area contributed by atoms with Gasteiger partial charge in [-0.25, -0.2) is 4.79 Å². The summed E-state index contributed by atoms with van der Waals surface area (Å²) >= 11 is 0. The monoisotopic (exact) mass is 440 g/mol. The van der Waals surface area contributed by atoms with Crippen LogP contribution in [0.3, 0.4) is 0 Å². The summed E-state index contributed by atoms with van der Waals surface area (Å²) in [6.07, 6.45) is 0.306. The smallest absolute Gasteiger partial charge is 0.410 e. The van der Waals surface area contributed by atoms with Crippen LogP contribution >= 0.6 is 0 Å². The Kier molecular flexibility index (Phi) is 7.07. The van der Waals surface area contributed by atoms with Gasteiger partial charge in [-0.15, -0.1) is 0 Å². The Morgan fingerprint density at radius 1 is 1.29 bits per heavy atom. The van der Waals surface area contributed by atoms with Gasteiger partial charge in [-0.3, -0.25) is 4.99 Å². The van der Waals surface area contributed by atoms with Gasteiger partial charge >= 0.3 is 12.7 Å². The number of hydrogen-bond donors (Lipinski definition) is 1. The van der Waals surface area contributed by atoms with Crippen LogP contribution in [0.1, 0.15) is 26.3 Å². The number of rotatable bonds is 6. The molecule has 0 aliphatic carbocycles. The number of alkyl halides is 2. The van der Waals surface area contributed by atoms with E-state index in [1.165, 1.54) is 7.11 Å². The highest BCUT2D eigenvalue weighted by molar-refractivity contribution is 5.82. The standard InChI is InChI=1S/C21H30F2N4O4/c1-21(2,3)31-20(28)26-9-10-27-15(13-26)12-25-19(27)24-8-7-14-5-6-16(29-4)17(11-14)30-18(22)23/h5-6,11,15,18H,7-10,12-13H2,1-4H3,(H,24,25). The van der Waals surface area contributed by atoms with Crippen LogP contribution in [-0.4, -0.2) is 79.9 Å². The fourth-order valence-electron chi connectivity index (χ4n) is 3.61. The molecule has 0 spiro atoms. The third-order valence-corrected chi connectivity index (χ3v) is 5.00. The van der Waals surface area contributed by atoms with Crippen LogP contribution in [0.25, 0.3) is 0 Å². The predicted octanol–water partition coefficient (Wildman–Crippen LogP) is 2.72. The number of carbonyl (C=O) groups is 1. The molecule has 1 atom stereocenters. The molecule has 0 aromatic heterocycles. The van der Waals surface area contributed by atoms with E-state index < -0.39 is 12.2 Å². The summed E-state index contributed by atoms with van der Waals surface area (Å²) in [4.78, 5) is 20.8. The molecular formula is C21H30F2N4O4. The summed E-state index contributed by atoms with van der Waals surface area (Å²) in [6, 6.07) is 5.12. The second-order valence-corrected chi connectivity index (χ2v) is 8.48. The van der Waals surface area contributed by atoms with Crippen LogP contribution in [-0.2, 0) is 11.2 Å². The minimum atomic E-state index is -2.91. The molecule has 1 fully saturated rings. The molecule has 1 aromatic rings. The first-order valence-corrected chi connectivity index (χ1v) is 10.3. The Labute approximate surface area is 181 Å². The number of hydrogen-bond acceptors (Lipinski definition) is 7. The maximum absolute atomic E-state index is 12.6. The van der Waals surface area contributed by atoms with E-state index in [9.17, 15) is 13.6 Å². The van der Waals surface area contributed by atoms with Crippen molar-refractivity contribution in [2.75, 3.05) is 39.8 Å². The predicted molar refractivity (Wildman–Crippen MR) is 112 cm³/mol. The zero-order valence-corrected chi connectivity index (χ0v) is 18.4. The summed E-state index contributed by atoms with van der Waals surface area (Å²) in [6.45, 7) is 5.65. The van der Waals surface area contributed by atoms with Crippen molar-refractivity contribution >= 4 is 12.1 Å². The highest BCUT2D eigenvalue weighted by Gasteiger charge is 2.36. The molecule has 2 aliphatic rings. The zero-order valence-electron chi connectivity index (χ0n) is 18.4. The summed E-state index contributed by atoms with van der Waals surface area (Å²) in [5.74, 6) is 1.08. The Hall–Kier alpha value is -2.78. The molecule has 1 aromatic carbocycles. The fraction of sp³-hybridized carbons (Fsp3) is 0.619. The third kappa shape index (κ3) is 6.11. The van der Waals surface area contributed by atoms with Crippen LogP contribution in [0.4, 0.5) is 13.6 Å². The van der Waals surface area contributed by atoms with Gasteiger partial charge in [-0.05, 0) is 44.9 Å². The molecule has 10 heteroatoms. The van der Waals surface area contributed by atoms with Crippen molar-refractivity contribution < 1.29 is 27.8 Å². The SMILES string of the molecule is COc1ccc(CCNC2=NCC3CN(C(=O)OC(C)(C)C)CCN23)cc1OC(F)F. The molecule has 2 aliphatic heterocycles. The topological polar surface area (TPSA) is 75.6 Å². The number of methoxy groups -OCH3 is 1. The molecule has 8 nitrogen and oxygen atoms in total.